The van der Waals surface area contributed by atoms with Gasteiger partial charge >= 0.3 is 0 Å². The number of ether oxygens (including phenoxy) is 1. The minimum atomic E-state index is -0.468. The highest BCUT2D eigenvalue weighted by atomic mass is 16.7. The predicted octanol–water partition coefficient (Wildman–Crippen LogP) is -0.345. The van der Waals surface area contributed by atoms with Gasteiger partial charge in [-0.15, -0.1) is 0 Å². The third-order valence-corrected chi connectivity index (χ3v) is 1.42. The molecular formula is C6H13NO2. The van der Waals surface area contributed by atoms with Crippen molar-refractivity contribution in [2.45, 2.75) is 18.8 Å². The highest BCUT2D eigenvalue weighted by Gasteiger charge is 2.35. The molecule has 0 amide bonds. The van der Waals surface area contributed by atoms with E-state index in [1.54, 1.807) is 0 Å². The number of epoxide rings is 1. The molecule has 1 N–H and O–H groups in total. The molecule has 0 spiro atoms. The van der Waals surface area contributed by atoms with Crippen LogP contribution >= 0.6 is 0 Å². The molecule has 0 aromatic heterocycles. The van der Waals surface area contributed by atoms with E-state index in [-0.39, 0.29) is 6.10 Å². The molecule has 3 heteroatoms. The Kier molecular flexibility index (Phi) is 2.05. The summed E-state index contributed by atoms with van der Waals surface area (Å²) in [6.07, 6.45) is 0.589. The SMILES string of the molecule is CN(C)CCC1OC1O. The normalized spacial score (nSPS) is 33.3. The summed E-state index contributed by atoms with van der Waals surface area (Å²) in [4.78, 5) is 2.08. The third-order valence-electron chi connectivity index (χ3n) is 1.42. The summed E-state index contributed by atoms with van der Waals surface area (Å²) >= 11 is 0. The van der Waals surface area contributed by atoms with Crippen molar-refractivity contribution in [3.63, 3.8) is 0 Å². The summed E-state index contributed by atoms with van der Waals surface area (Å²) in [7, 11) is 4.02. The van der Waals surface area contributed by atoms with E-state index in [0.29, 0.717) is 0 Å². The summed E-state index contributed by atoms with van der Waals surface area (Å²) in [6.45, 7) is 0.988. The summed E-state index contributed by atoms with van der Waals surface area (Å²) in [5, 5.41) is 8.70. The van der Waals surface area contributed by atoms with Crippen molar-refractivity contribution >= 4 is 0 Å². The van der Waals surface area contributed by atoms with Crippen molar-refractivity contribution in [2.75, 3.05) is 20.6 Å². The first-order chi connectivity index (χ1) is 4.20. The number of aliphatic hydroxyl groups excluding tert-OH is 1. The molecule has 2 atom stereocenters. The van der Waals surface area contributed by atoms with Crippen molar-refractivity contribution in [1.82, 2.24) is 4.90 Å². The second kappa shape index (κ2) is 2.64. The Hall–Kier alpha value is -0.120. The van der Waals surface area contributed by atoms with Gasteiger partial charge in [0.15, 0.2) is 6.29 Å². The molecule has 0 aliphatic carbocycles. The van der Waals surface area contributed by atoms with E-state index < -0.39 is 6.29 Å². The highest BCUT2D eigenvalue weighted by molar-refractivity contribution is 4.74. The lowest BCUT2D eigenvalue weighted by molar-refractivity contribution is 0.156. The number of aliphatic hydroxyl groups is 1. The van der Waals surface area contributed by atoms with Crippen molar-refractivity contribution < 1.29 is 9.84 Å². The fourth-order valence-electron chi connectivity index (χ4n) is 0.730. The zero-order chi connectivity index (χ0) is 6.85. The predicted molar refractivity (Wildman–Crippen MR) is 34.1 cm³/mol. The molecule has 3 nitrogen and oxygen atoms in total. The van der Waals surface area contributed by atoms with Gasteiger partial charge in [-0.3, -0.25) is 0 Å². The van der Waals surface area contributed by atoms with Gasteiger partial charge < -0.3 is 14.7 Å². The molecule has 54 valence electrons. The highest BCUT2D eigenvalue weighted by Crippen LogP contribution is 2.21. The monoisotopic (exact) mass is 131 g/mol. The van der Waals surface area contributed by atoms with Gasteiger partial charge in [0.2, 0.25) is 0 Å². The first-order valence-corrected chi connectivity index (χ1v) is 3.18. The number of rotatable bonds is 3. The maximum atomic E-state index is 8.70. The van der Waals surface area contributed by atoms with Crippen LogP contribution in [-0.2, 0) is 4.74 Å². The lowest BCUT2D eigenvalue weighted by Crippen LogP contribution is -2.15. The number of hydrogen-bond acceptors (Lipinski definition) is 3. The van der Waals surface area contributed by atoms with Crippen LogP contribution in [-0.4, -0.2) is 43.0 Å². The molecule has 1 fully saturated rings. The van der Waals surface area contributed by atoms with Gasteiger partial charge in [-0.2, -0.15) is 0 Å². The Morgan fingerprint density at radius 2 is 2.11 bits per heavy atom. The van der Waals surface area contributed by atoms with Crippen LogP contribution in [0.3, 0.4) is 0 Å². The van der Waals surface area contributed by atoms with E-state index in [1.807, 2.05) is 14.1 Å². The van der Waals surface area contributed by atoms with E-state index in [1.165, 1.54) is 0 Å². The van der Waals surface area contributed by atoms with E-state index >= 15 is 0 Å². The fourth-order valence-corrected chi connectivity index (χ4v) is 0.730. The quantitative estimate of drug-likeness (QED) is 0.532. The Balaban J connectivity index is 1.94. The molecule has 1 heterocycles. The van der Waals surface area contributed by atoms with Crippen LogP contribution in [0.2, 0.25) is 0 Å². The molecule has 1 rings (SSSR count). The van der Waals surface area contributed by atoms with Gasteiger partial charge in [0.05, 0.1) is 0 Å². The Morgan fingerprint density at radius 1 is 1.56 bits per heavy atom. The minimum Gasteiger partial charge on any atom is -0.366 e. The lowest BCUT2D eigenvalue weighted by atomic mass is 10.3. The average Bonchev–Trinajstić information content (AvgIpc) is 2.42. The second-order valence-electron chi connectivity index (χ2n) is 2.66. The Morgan fingerprint density at radius 3 is 2.44 bits per heavy atom. The zero-order valence-electron chi connectivity index (χ0n) is 5.87. The van der Waals surface area contributed by atoms with Gasteiger partial charge in [-0.1, -0.05) is 0 Å². The van der Waals surface area contributed by atoms with E-state index in [2.05, 4.69) is 4.90 Å². The average molecular weight is 131 g/mol. The smallest absolute Gasteiger partial charge is 0.181 e. The molecule has 1 aliphatic heterocycles. The molecule has 0 bridgehead atoms. The van der Waals surface area contributed by atoms with Crippen LogP contribution in [0, 0.1) is 0 Å². The molecule has 0 aromatic carbocycles. The van der Waals surface area contributed by atoms with Crippen molar-refractivity contribution in [1.29, 1.82) is 0 Å². The van der Waals surface area contributed by atoms with Crippen LogP contribution < -0.4 is 0 Å². The molecule has 0 saturated carbocycles. The van der Waals surface area contributed by atoms with Gasteiger partial charge in [0.1, 0.15) is 6.10 Å². The largest absolute Gasteiger partial charge is 0.366 e. The first kappa shape index (κ1) is 6.99. The first-order valence-electron chi connectivity index (χ1n) is 3.18. The van der Waals surface area contributed by atoms with Crippen molar-refractivity contribution in [3.05, 3.63) is 0 Å². The van der Waals surface area contributed by atoms with Crippen LogP contribution in [0.1, 0.15) is 6.42 Å². The van der Waals surface area contributed by atoms with Crippen LogP contribution in [0.15, 0.2) is 0 Å². The van der Waals surface area contributed by atoms with Gasteiger partial charge in [0.25, 0.3) is 0 Å². The summed E-state index contributed by atoms with van der Waals surface area (Å²) in [5.41, 5.74) is 0. The zero-order valence-corrected chi connectivity index (χ0v) is 5.87. The molecule has 2 unspecified atom stereocenters. The fraction of sp³-hybridized carbons (Fsp3) is 1.00. The maximum absolute atomic E-state index is 8.70. The second-order valence-corrected chi connectivity index (χ2v) is 2.66. The van der Waals surface area contributed by atoms with E-state index in [4.69, 9.17) is 9.84 Å². The van der Waals surface area contributed by atoms with Gasteiger partial charge in [0, 0.05) is 6.54 Å². The third kappa shape index (κ3) is 2.30. The van der Waals surface area contributed by atoms with Crippen LogP contribution in [0.4, 0.5) is 0 Å². The molecule has 0 radical (unpaired) electrons. The summed E-state index contributed by atoms with van der Waals surface area (Å²) in [6, 6.07) is 0. The topological polar surface area (TPSA) is 36.0 Å². The lowest BCUT2D eigenvalue weighted by Gasteiger charge is -2.05. The van der Waals surface area contributed by atoms with Crippen molar-refractivity contribution in [3.8, 4) is 0 Å². The van der Waals surface area contributed by atoms with Gasteiger partial charge in [-0.05, 0) is 20.5 Å². The summed E-state index contributed by atoms with van der Waals surface area (Å²) in [5.74, 6) is 0. The van der Waals surface area contributed by atoms with Gasteiger partial charge in [-0.25, -0.2) is 0 Å². The minimum absolute atomic E-state index is 0.118. The van der Waals surface area contributed by atoms with Crippen LogP contribution in [0.5, 0.6) is 0 Å². The molecule has 9 heavy (non-hydrogen) atoms. The summed E-state index contributed by atoms with van der Waals surface area (Å²) < 4.78 is 4.80. The van der Waals surface area contributed by atoms with E-state index in [0.717, 1.165) is 13.0 Å². The Bertz CT molecular complexity index is 95.1. The van der Waals surface area contributed by atoms with Crippen LogP contribution in [0.25, 0.3) is 0 Å². The standard InChI is InChI=1S/C6H13NO2/c1-7(2)4-3-5-6(8)9-5/h5-6,8H,3-4H2,1-2H3. The molecule has 0 aromatic rings. The van der Waals surface area contributed by atoms with Crippen molar-refractivity contribution in [2.24, 2.45) is 0 Å². The molecular weight excluding hydrogens is 118 g/mol. The maximum Gasteiger partial charge on any atom is 0.181 e. The Labute approximate surface area is 55.2 Å². The number of nitrogens with zero attached hydrogens (tertiary/aromatic N) is 1. The molecule has 1 saturated heterocycles. The van der Waals surface area contributed by atoms with E-state index in [9.17, 15) is 0 Å². The molecule has 1 aliphatic rings. The number of hydrogen-bond donors (Lipinski definition) is 1.